The summed E-state index contributed by atoms with van der Waals surface area (Å²) in [5, 5.41) is 5.65. The Morgan fingerprint density at radius 1 is 1.13 bits per heavy atom. The zero-order chi connectivity index (χ0) is 16.4. The van der Waals surface area contributed by atoms with Crippen LogP contribution in [0, 0.1) is 5.92 Å². The Morgan fingerprint density at radius 3 is 2.39 bits per heavy atom. The standard InChI is InChI=1S/C18H25ClN2OS/c1-18(2)13-21(11-12-23-18)20-9-7-15(8-10-20)17(22)14-3-5-16(19)6-4-14/h3-6,15H,7-13H2,1-2H3. The summed E-state index contributed by atoms with van der Waals surface area (Å²) in [4.78, 5) is 12.6. The highest BCUT2D eigenvalue weighted by molar-refractivity contribution is 8.00. The molecule has 0 aliphatic carbocycles. The van der Waals surface area contributed by atoms with Gasteiger partial charge in [-0.3, -0.25) is 4.79 Å². The summed E-state index contributed by atoms with van der Waals surface area (Å²) >= 11 is 7.96. The molecule has 126 valence electrons. The van der Waals surface area contributed by atoms with Crippen LogP contribution in [0.15, 0.2) is 24.3 Å². The number of hydrogen-bond donors (Lipinski definition) is 0. The van der Waals surface area contributed by atoms with Crippen LogP contribution in [0.5, 0.6) is 0 Å². The Bertz CT molecular complexity index is 553. The van der Waals surface area contributed by atoms with Gasteiger partial charge in [0.05, 0.1) is 0 Å². The van der Waals surface area contributed by atoms with Gasteiger partial charge in [0.2, 0.25) is 0 Å². The molecule has 1 aromatic rings. The number of hydrazine groups is 1. The summed E-state index contributed by atoms with van der Waals surface area (Å²) in [7, 11) is 0. The molecular weight excluding hydrogens is 328 g/mol. The number of rotatable bonds is 3. The molecule has 3 rings (SSSR count). The number of piperidine rings is 1. The summed E-state index contributed by atoms with van der Waals surface area (Å²) in [6.45, 7) is 8.86. The lowest BCUT2D eigenvalue weighted by Gasteiger charge is -2.45. The van der Waals surface area contributed by atoms with E-state index in [9.17, 15) is 4.79 Å². The van der Waals surface area contributed by atoms with Gasteiger partial charge in [-0.15, -0.1) is 0 Å². The SMILES string of the molecule is CC1(C)CN(N2CCC(C(=O)c3ccc(Cl)cc3)CC2)CCS1. The van der Waals surface area contributed by atoms with E-state index in [1.807, 2.05) is 12.1 Å². The van der Waals surface area contributed by atoms with Crippen molar-refractivity contribution in [1.82, 2.24) is 10.0 Å². The number of hydrogen-bond acceptors (Lipinski definition) is 4. The number of carbonyl (C=O) groups is 1. The smallest absolute Gasteiger partial charge is 0.166 e. The maximum Gasteiger partial charge on any atom is 0.166 e. The fraction of sp³-hybridized carbons (Fsp3) is 0.611. The van der Waals surface area contributed by atoms with E-state index in [0.29, 0.717) is 9.77 Å². The van der Waals surface area contributed by atoms with Crippen LogP contribution < -0.4 is 0 Å². The quantitative estimate of drug-likeness (QED) is 0.768. The second kappa shape index (κ2) is 7.14. The maximum atomic E-state index is 12.6. The fourth-order valence-electron chi connectivity index (χ4n) is 3.49. The molecule has 0 atom stereocenters. The van der Waals surface area contributed by atoms with Gasteiger partial charge < -0.3 is 0 Å². The molecule has 2 aliphatic heterocycles. The van der Waals surface area contributed by atoms with E-state index in [1.54, 1.807) is 12.1 Å². The molecule has 23 heavy (non-hydrogen) atoms. The largest absolute Gasteiger partial charge is 0.294 e. The molecule has 0 aromatic heterocycles. The predicted octanol–water partition coefficient (Wildman–Crippen LogP) is 3.98. The van der Waals surface area contributed by atoms with Gasteiger partial charge in [0.1, 0.15) is 0 Å². The van der Waals surface area contributed by atoms with Crippen LogP contribution in [0.3, 0.4) is 0 Å². The minimum atomic E-state index is 0.152. The molecule has 2 heterocycles. The molecule has 0 bridgehead atoms. The fourth-order valence-corrected chi connectivity index (χ4v) is 4.71. The van der Waals surface area contributed by atoms with E-state index in [-0.39, 0.29) is 11.7 Å². The third-order valence-electron chi connectivity index (χ3n) is 4.78. The van der Waals surface area contributed by atoms with Gasteiger partial charge in [-0.25, -0.2) is 10.0 Å². The summed E-state index contributed by atoms with van der Waals surface area (Å²) in [5.74, 6) is 1.62. The summed E-state index contributed by atoms with van der Waals surface area (Å²) in [6, 6.07) is 7.30. The molecule has 2 fully saturated rings. The van der Waals surface area contributed by atoms with Crippen LogP contribution in [0.1, 0.15) is 37.0 Å². The molecule has 3 nitrogen and oxygen atoms in total. The van der Waals surface area contributed by atoms with Crippen LogP contribution >= 0.6 is 23.4 Å². The molecule has 0 radical (unpaired) electrons. The number of Topliss-reactive ketones (excluding diaryl/α,β-unsaturated/α-hetero) is 1. The molecule has 0 spiro atoms. The number of halogens is 1. The lowest BCUT2D eigenvalue weighted by molar-refractivity contribution is -0.0492. The molecule has 0 N–H and O–H groups in total. The number of thioether (sulfide) groups is 1. The van der Waals surface area contributed by atoms with Crippen LogP contribution in [0.4, 0.5) is 0 Å². The van der Waals surface area contributed by atoms with Crippen molar-refractivity contribution in [1.29, 1.82) is 0 Å². The second-order valence-corrected chi connectivity index (χ2v) is 9.33. The summed E-state index contributed by atoms with van der Waals surface area (Å²) in [5.41, 5.74) is 0.795. The third-order valence-corrected chi connectivity index (χ3v) is 6.33. The summed E-state index contributed by atoms with van der Waals surface area (Å²) in [6.07, 6.45) is 1.90. The minimum absolute atomic E-state index is 0.152. The van der Waals surface area contributed by atoms with Crippen molar-refractivity contribution >= 4 is 29.1 Å². The van der Waals surface area contributed by atoms with Gasteiger partial charge in [0.15, 0.2) is 5.78 Å². The van der Waals surface area contributed by atoms with Gasteiger partial charge >= 0.3 is 0 Å². The van der Waals surface area contributed by atoms with Gasteiger partial charge in [-0.05, 0) is 51.0 Å². The van der Waals surface area contributed by atoms with Crippen molar-refractivity contribution in [2.75, 3.05) is 31.9 Å². The lowest BCUT2D eigenvalue weighted by atomic mass is 9.89. The summed E-state index contributed by atoms with van der Waals surface area (Å²) < 4.78 is 0.328. The molecule has 2 saturated heterocycles. The Kier molecular flexibility index (Phi) is 5.36. The Balaban J connectivity index is 1.56. The van der Waals surface area contributed by atoms with E-state index in [1.165, 1.54) is 5.75 Å². The number of nitrogens with zero attached hydrogens (tertiary/aromatic N) is 2. The van der Waals surface area contributed by atoms with Crippen molar-refractivity contribution in [2.24, 2.45) is 5.92 Å². The highest BCUT2D eigenvalue weighted by Gasteiger charge is 2.33. The van der Waals surface area contributed by atoms with Gasteiger partial charge in [0, 0.05) is 53.2 Å². The first-order chi connectivity index (χ1) is 10.9. The molecular formula is C18H25ClN2OS. The van der Waals surface area contributed by atoms with E-state index in [0.717, 1.165) is 44.6 Å². The van der Waals surface area contributed by atoms with E-state index >= 15 is 0 Å². The normalized spacial score (nSPS) is 23.8. The maximum absolute atomic E-state index is 12.6. The minimum Gasteiger partial charge on any atom is -0.294 e. The average molecular weight is 353 g/mol. The van der Waals surface area contributed by atoms with E-state index in [4.69, 9.17) is 11.6 Å². The van der Waals surface area contributed by atoms with Crippen LogP contribution in [0.2, 0.25) is 5.02 Å². The highest BCUT2D eigenvalue weighted by Crippen LogP contribution is 2.32. The first-order valence-corrected chi connectivity index (χ1v) is 9.74. The third kappa shape index (κ3) is 4.30. The van der Waals surface area contributed by atoms with Crippen LogP contribution in [0.25, 0.3) is 0 Å². The molecule has 0 amide bonds. The van der Waals surface area contributed by atoms with Crippen LogP contribution in [-0.2, 0) is 0 Å². The molecule has 2 aliphatic rings. The van der Waals surface area contributed by atoms with Crippen LogP contribution in [-0.4, -0.2) is 52.5 Å². The van der Waals surface area contributed by atoms with E-state index < -0.39 is 0 Å². The first-order valence-electron chi connectivity index (χ1n) is 8.38. The topological polar surface area (TPSA) is 23.6 Å². The average Bonchev–Trinajstić information content (AvgIpc) is 2.54. The molecule has 5 heteroatoms. The first kappa shape index (κ1) is 17.3. The Hall–Kier alpha value is -0.550. The zero-order valence-electron chi connectivity index (χ0n) is 13.9. The van der Waals surface area contributed by atoms with Crippen molar-refractivity contribution < 1.29 is 4.79 Å². The number of carbonyl (C=O) groups excluding carboxylic acids is 1. The van der Waals surface area contributed by atoms with E-state index in [2.05, 4.69) is 35.6 Å². The second-order valence-electron chi connectivity index (χ2n) is 7.10. The monoisotopic (exact) mass is 352 g/mol. The molecule has 0 saturated carbocycles. The Labute approximate surface area is 148 Å². The highest BCUT2D eigenvalue weighted by atomic mass is 35.5. The van der Waals surface area contributed by atoms with Crippen molar-refractivity contribution in [3.8, 4) is 0 Å². The van der Waals surface area contributed by atoms with Gasteiger partial charge in [-0.2, -0.15) is 11.8 Å². The van der Waals surface area contributed by atoms with Crippen molar-refractivity contribution in [2.45, 2.75) is 31.4 Å². The number of benzene rings is 1. The lowest BCUT2D eigenvalue weighted by Crippen LogP contribution is -2.54. The van der Waals surface area contributed by atoms with Crippen molar-refractivity contribution in [3.63, 3.8) is 0 Å². The zero-order valence-corrected chi connectivity index (χ0v) is 15.5. The molecule has 0 unspecified atom stereocenters. The Morgan fingerprint density at radius 2 is 1.78 bits per heavy atom. The van der Waals surface area contributed by atoms with Crippen molar-refractivity contribution in [3.05, 3.63) is 34.9 Å². The van der Waals surface area contributed by atoms with Gasteiger partial charge in [0.25, 0.3) is 0 Å². The van der Waals surface area contributed by atoms with Gasteiger partial charge in [-0.1, -0.05) is 11.6 Å². The molecule has 1 aromatic carbocycles. The number of ketones is 1. The predicted molar refractivity (Wildman–Crippen MR) is 98.2 cm³/mol.